The third-order valence-electron chi connectivity index (χ3n) is 0.580. The smallest absolute Gasteiger partial charge is 0 e. The van der Waals surface area contributed by atoms with Gasteiger partial charge in [-0.1, -0.05) is 0 Å². The molecule has 0 unspecified atom stereocenters. The van der Waals surface area contributed by atoms with Gasteiger partial charge in [-0.25, -0.2) is 6.92 Å². The monoisotopic (exact) mass is 385 g/mol. The van der Waals surface area contributed by atoms with E-state index >= 15 is 0 Å². The Morgan fingerprint density at radius 3 is 2.11 bits per heavy atom. The Hall–Kier alpha value is 1.36. The van der Waals surface area contributed by atoms with Crippen LogP contribution in [0.4, 0.5) is 0 Å². The maximum atomic E-state index is 3.70. The van der Waals surface area contributed by atoms with Gasteiger partial charge in [-0.3, -0.25) is 0 Å². The first-order valence-corrected chi connectivity index (χ1v) is 2.63. The second-order valence-corrected chi connectivity index (χ2v) is 2.11. The Morgan fingerprint density at radius 2 is 2.00 bits per heavy atom. The SMILES string of the molecule is [CH2-]c1cccs1.[CH3-].[W].[Y]. The van der Waals surface area contributed by atoms with E-state index in [4.69, 9.17) is 0 Å². The second-order valence-electron chi connectivity index (χ2n) is 1.08. The molecule has 0 aliphatic heterocycles. The quantitative estimate of drug-likeness (QED) is 0.602. The summed E-state index contributed by atoms with van der Waals surface area (Å²) in [5.74, 6) is 0. The van der Waals surface area contributed by atoms with Crippen molar-refractivity contribution < 1.29 is 53.8 Å². The van der Waals surface area contributed by atoms with E-state index in [1.807, 2.05) is 17.5 Å². The second kappa shape index (κ2) is 9.36. The molecule has 1 heterocycles. The zero-order valence-electron chi connectivity index (χ0n) is 5.33. The van der Waals surface area contributed by atoms with Gasteiger partial charge in [0.25, 0.3) is 0 Å². The van der Waals surface area contributed by atoms with Crippen molar-refractivity contribution in [2.45, 2.75) is 0 Å². The van der Waals surface area contributed by atoms with E-state index in [1.54, 1.807) is 11.3 Å². The van der Waals surface area contributed by atoms with Gasteiger partial charge in [-0.15, -0.1) is 10.9 Å². The molecular weight excluding hydrogens is 377 g/mol. The van der Waals surface area contributed by atoms with Gasteiger partial charge < -0.3 is 7.43 Å². The molecule has 1 rings (SSSR count). The minimum atomic E-state index is 0. The molecule has 0 aliphatic rings. The van der Waals surface area contributed by atoms with Gasteiger partial charge in [0.05, 0.1) is 0 Å². The van der Waals surface area contributed by atoms with Gasteiger partial charge >= 0.3 is 0 Å². The largest absolute Gasteiger partial charge is 0.358 e. The standard InChI is InChI=1S/C5H5S.CH3.W.Y/c1-5-3-2-4-6-5;;;/h2-4H,1H2;1H3;;/q2*-1;;. The van der Waals surface area contributed by atoms with Crippen molar-refractivity contribution in [1.82, 2.24) is 0 Å². The van der Waals surface area contributed by atoms with Crippen molar-refractivity contribution in [1.29, 1.82) is 0 Å². The fraction of sp³-hybridized carbons (Fsp3) is 0. The summed E-state index contributed by atoms with van der Waals surface area (Å²) in [5, 5.41) is 2.02. The Bertz CT molecular complexity index is 117. The first-order valence-electron chi connectivity index (χ1n) is 1.75. The molecule has 0 N–H and O–H groups in total. The predicted octanol–water partition coefficient (Wildman–Crippen LogP) is 2.38. The Morgan fingerprint density at radius 1 is 1.44 bits per heavy atom. The molecule has 3 heteroatoms. The average molecular weight is 385 g/mol. The summed E-state index contributed by atoms with van der Waals surface area (Å²) < 4.78 is 0. The van der Waals surface area contributed by atoms with Crippen molar-refractivity contribution in [2.24, 2.45) is 0 Å². The molecule has 0 saturated heterocycles. The number of rotatable bonds is 0. The van der Waals surface area contributed by atoms with Crippen LogP contribution in [0.15, 0.2) is 17.5 Å². The summed E-state index contributed by atoms with van der Waals surface area (Å²) in [6.45, 7) is 3.70. The number of thiophene rings is 1. The summed E-state index contributed by atoms with van der Waals surface area (Å²) >= 11 is 1.67. The van der Waals surface area contributed by atoms with E-state index in [-0.39, 0.29) is 61.2 Å². The first kappa shape index (κ1) is 16.8. The molecule has 0 fully saturated rings. The zero-order valence-corrected chi connectivity index (χ0v) is 11.9. The fourth-order valence-corrected chi connectivity index (χ4v) is 0.802. The summed E-state index contributed by atoms with van der Waals surface area (Å²) in [4.78, 5) is 1.13. The maximum Gasteiger partial charge on any atom is 0 e. The topological polar surface area (TPSA) is 0 Å². The minimum Gasteiger partial charge on any atom is -0.358 e. The maximum absolute atomic E-state index is 3.70. The Balaban J connectivity index is -0.000000120. The Labute approximate surface area is 101 Å². The van der Waals surface area contributed by atoms with Crippen LogP contribution in [0.2, 0.25) is 0 Å². The van der Waals surface area contributed by atoms with Crippen LogP contribution < -0.4 is 0 Å². The molecule has 0 saturated carbocycles. The molecule has 0 amide bonds. The van der Waals surface area contributed by atoms with Crippen LogP contribution in [0, 0.1) is 14.4 Å². The zero-order chi connectivity index (χ0) is 4.41. The van der Waals surface area contributed by atoms with Crippen molar-refractivity contribution in [2.75, 3.05) is 0 Å². The molecule has 1 radical (unpaired) electrons. The van der Waals surface area contributed by atoms with Gasteiger partial charge in [0.1, 0.15) is 0 Å². The van der Waals surface area contributed by atoms with Crippen LogP contribution in [-0.2, 0) is 53.8 Å². The molecule has 0 bridgehead atoms. The molecule has 1 aromatic heterocycles. The number of hydrogen-bond donors (Lipinski definition) is 0. The van der Waals surface area contributed by atoms with Gasteiger partial charge in [0.15, 0.2) is 0 Å². The first-order chi connectivity index (χ1) is 2.89. The van der Waals surface area contributed by atoms with Crippen molar-refractivity contribution in [3.8, 4) is 0 Å². The van der Waals surface area contributed by atoms with E-state index in [1.165, 1.54) is 0 Å². The molecule has 0 aliphatic carbocycles. The molecule has 0 atom stereocenters. The Kier molecular flexibility index (Phi) is 17.4. The number of hydrogen-bond acceptors (Lipinski definition) is 1. The van der Waals surface area contributed by atoms with Crippen LogP contribution >= 0.6 is 11.3 Å². The summed E-state index contributed by atoms with van der Waals surface area (Å²) in [6.07, 6.45) is 0. The molecule has 0 nitrogen and oxygen atoms in total. The van der Waals surface area contributed by atoms with E-state index in [9.17, 15) is 0 Å². The van der Waals surface area contributed by atoms with Crippen molar-refractivity contribution in [3.63, 3.8) is 0 Å². The predicted molar refractivity (Wildman–Crippen MR) is 35.2 cm³/mol. The normalized spacial score (nSPS) is 5.78. The van der Waals surface area contributed by atoms with E-state index in [0.717, 1.165) is 4.88 Å². The van der Waals surface area contributed by atoms with E-state index in [2.05, 4.69) is 6.92 Å². The van der Waals surface area contributed by atoms with Gasteiger partial charge in [-0.2, -0.15) is 17.4 Å². The van der Waals surface area contributed by atoms with E-state index in [0.29, 0.717) is 0 Å². The molecular formula is C6H8SWY-2. The van der Waals surface area contributed by atoms with Crippen molar-refractivity contribution >= 4 is 11.3 Å². The average Bonchev–Trinajstić information content (AvgIpc) is 1.86. The van der Waals surface area contributed by atoms with Crippen molar-refractivity contribution in [3.05, 3.63) is 36.7 Å². The van der Waals surface area contributed by atoms with Crippen LogP contribution in [0.25, 0.3) is 0 Å². The third-order valence-corrected chi connectivity index (χ3v) is 1.31. The summed E-state index contributed by atoms with van der Waals surface area (Å²) in [7, 11) is 0. The molecule has 9 heavy (non-hydrogen) atoms. The minimum absolute atomic E-state index is 0. The van der Waals surface area contributed by atoms with Crippen LogP contribution in [0.5, 0.6) is 0 Å². The van der Waals surface area contributed by atoms with Crippen LogP contribution in [-0.4, -0.2) is 0 Å². The third kappa shape index (κ3) is 7.26. The molecule has 1 aromatic rings. The van der Waals surface area contributed by atoms with Crippen LogP contribution in [0.1, 0.15) is 4.88 Å². The van der Waals surface area contributed by atoms with Gasteiger partial charge in [0, 0.05) is 53.8 Å². The van der Waals surface area contributed by atoms with Gasteiger partial charge in [0.2, 0.25) is 0 Å². The fourth-order valence-electron chi connectivity index (χ4n) is 0.313. The summed E-state index contributed by atoms with van der Waals surface area (Å²) in [6, 6.07) is 3.98. The summed E-state index contributed by atoms with van der Waals surface area (Å²) in [5.41, 5.74) is 0. The van der Waals surface area contributed by atoms with Crippen LogP contribution in [0.3, 0.4) is 0 Å². The molecule has 49 valence electrons. The van der Waals surface area contributed by atoms with E-state index < -0.39 is 0 Å². The van der Waals surface area contributed by atoms with Gasteiger partial charge in [-0.05, 0) is 5.38 Å². The molecule has 0 spiro atoms. The molecule has 0 aromatic carbocycles.